The second-order valence-electron chi connectivity index (χ2n) is 5.02. The molecule has 0 amide bonds. The summed E-state index contributed by atoms with van der Waals surface area (Å²) in [6.07, 6.45) is 4.71. The van der Waals surface area contributed by atoms with Gasteiger partial charge in [-0.3, -0.25) is 0 Å². The molecule has 0 spiro atoms. The minimum absolute atomic E-state index is 0.291. The average Bonchev–Trinajstić information content (AvgIpc) is 3.13. The summed E-state index contributed by atoms with van der Waals surface area (Å²) < 4.78 is 12.7. The summed E-state index contributed by atoms with van der Waals surface area (Å²) >= 11 is 12.0. The molecular weight excluding hydrogens is 363 g/mol. The van der Waals surface area contributed by atoms with E-state index < -0.39 is 0 Å². The summed E-state index contributed by atoms with van der Waals surface area (Å²) in [4.78, 5) is 0. The molecule has 0 N–H and O–H groups in total. The summed E-state index contributed by atoms with van der Waals surface area (Å²) in [7, 11) is 1.61. The van der Waals surface area contributed by atoms with E-state index >= 15 is 0 Å². The monoisotopic (exact) mass is 376 g/mol. The molecule has 25 heavy (non-hydrogen) atoms. The lowest BCUT2D eigenvalue weighted by atomic mass is 10.1. The predicted octanol–water partition coefficient (Wildman–Crippen LogP) is 4.05. The highest BCUT2D eigenvalue weighted by molar-refractivity contribution is 6.35. The van der Waals surface area contributed by atoms with E-state index in [1.807, 2.05) is 18.2 Å². The topological polar surface area (TPSA) is 61.5 Å². The molecule has 0 aliphatic heterocycles. The van der Waals surface area contributed by atoms with E-state index in [1.165, 1.54) is 17.3 Å². The average molecular weight is 377 g/mol. The van der Waals surface area contributed by atoms with Crippen molar-refractivity contribution in [3.8, 4) is 11.5 Å². The van der Waals surface area contributed by atoms with E-state index in [4.69, 9.17) is 32.7 Å². The van der Waals surface area contributed by atoms with Gasteiger partial charge in [0.1, 0.15) is 30.8 Å². The number of aromatic nitrogens is 3. The molecule has 1 heterocycles. The standard InChI is InChI=1S/C17H14Cl2N4O2/c1-24-16-4-2-12(8-22-23-10-20-21-11-23)6-13(16)9-25-17-5-3-14(18)7-15(17)19/h2-8,10-11H,9H2,1H3/b22-8+. The van der Waals surface area contributed by atoms with E-state index in [-0.39, 0.29) is 0 Å². The van der Waals surface area contributed by atoms with Gasteiger partial charge in [0.05, 0.1) is 18.3 Å². The highest BCUT2D eigenvalue weighted by atomic mass is 35.5. The van der Waals surface area contributed by atoms with Crippen LogP contribution in [-0.2, 0) is 6.61 Å². The Bertz CT molecular complexity index is 882. The fraction of sp³-hybridized carbons (Fsp3) is 0.118. The van der Waals surface area contributed by atoms with E-state index in [2.05, 4.69) is 15.3 Å². The third-order valence-corrected chi connectivity index (χ3v) is 3.86. The first kappa shape index (κ1) is 17.3. The van der Waals surface area contributed by atoms with E-state index in [9.17, 15) is 0 Å². The highest BCUT2D eigenvalue weighted by Gasteiger charge is 2.08. The summed E-state index contributed by atoms with van der Waals surface area (Å²) in [6.45, 7) is 0.291. The van der Waals surface area contributed by atoms with E-state index in [1.54, 1.807) is 31.5 Å². The summed E-state index contributed by atoms with van der Waals surface area (Å²) in [5.74, 6) is 1.27. The molecule has 6 nitrogen and oxygen atoms in total. The van der Waals surface area contributed by atoms with Crippen LogP contribution in [0.3, 0.4) is 0 Å². The molecule has 0 saturated heterocycles. The molecule has 0 fully saturated rings. The van der Waals surface area contributed by atoms with Crippen molar-refractivity contribution in [2.24, 2.45) is 5.10 Å². The van der Waals surface area contributed by atoms with E-state index in [0.29, 0.717) is 28.2 Å². The van der Waals surface area contributed by atoms with Crippen LogP contribution in [0.4, 0.5) is 0 Å². The smallest absolute Gasteiger partial charge is 0.141 e. The number of hydrogen-bond acceptors (Lipinski definition) is 5. The van der Waals surface area contributed by atoms with Crippen LogP contribution in [0.1, 0.15) is 11.1 Å². The molecule has 0 saturated carbocycles. The Kier molecular flexibility index (Phi) is 5.53. The van der Waals surface area contributed by atoms with Gasteiger partial charge in [-0.25, -0.2) is 4.68 Å². The quantitative estimate of drug-likeness (QED) is 0.608. The zero-order valence-electron chi connectivity index (χ0n) is 13.3. The van der Waals surface area contributed by atoms with Crippen LogP contribution in [0.5, 0.6) is 11.5 Å². The third-order valence-electron chi connectivity index (χ3n) is 3.33. The van der Waals surface area contributed by atoms with Gasteiger partial charge in [-0.05, 0) is 42.0 Å². The third kappa shape index (κ3) is 4.49. The van der Waals surface area contributed by atoms with Gasteiger partial charge < -0.3 is 9.47 Å². The molecule has 0 bridgehead atoms. The fourth-order valence-corrected chi connectivity index (χ4v) is 2.59. The van der Waals surface area contributed by atoms with Crippen LogP contribution in [0.15, 0.2) is 54.2 Å². The van der Waals surface area contributed by atoms with Gasteiger partial charge in [0, 0.05) is 10.6 Å². The Morgan fingerprint density at radius 3 is 2.56 bits per heavy atom. The number of benzene rings is 2. The largest absolute Gasteiger partial charge is 0.496 e. The zero-order valence-corrected chi connectivity index (χ0v) is 14.8. The molecule has 2 aromatic carbocycles. The van der Waals surface area contributed by atoms with Crippen molar-refractivity contribution in [3.05, 3.63) is 70.2 Å². The minimum atomic E-state index is 0.291. The summed E-state index contributed by atoms with van der Waals surface area (Å²) in [5.41, 5.74) is 1.75. The van der Waals surface area contributed by atoms with Crippen molar-refractivity contribution in [2.75, 3.05) is 7.11 Å². The molecule has 3 rings (SSSR count). The van der Waals surface area contributed by atoms with Gasteiger partial charge in [0.25, 0.3) is 0 Å². The predicted molar refractivity (Wildman–Crippen MR) is 96.8 cm³/mol. The van der Waals surface area contributed by atoms with Gasteiger partial charge in [0.15, 0.2) is 0 Å². The van der Waals surface area contributed by atoms with Crippen molar-refractivity contribution in [1.29, 1.82) is 0 Å². The maximum Gasteiger partial charge on any atom is 0.141 e. The Balaban J connectivity index is 1.78. The number of methoxy groups -OCH3 is 1. The van der Waals surface area contributed by atoms with Crippen LogP contribution < -0.4 is 9.47 Å². The Morgan fingerprint density at radius 1 is 1.08 bits per heavy atom. The van der Waals surface area contributed by atoms with Gasteiger partial charge >= 0.3 is 0 Å². The van der Waals surface area contributed by atoms with Gasteiger partial charge in [-0.2, -0.15) is 5.10 Å². The molecule has 3 aromatic rings. The lowest BCUT2D eigenvalue weighted by Crippen LogP contribution is -2.00. The van der Waals surface area contributed by atoms with Crippen molar-refractivity contribution < 1.29 is 9.47 Å². The number of rotatable bonds is 6. The Labute approximate surface area is 154 Å². The van der Waals surface area contributed by atoms with Gasteiger partial charge in [0.2, 0.25) is 0 Å². The molecule has 0 aliphatic carbocycles. The SMILES string of the molecule is COc1ccc(/C=N/n2cnnc2)cc1COc1ccc(Cl)cc1Cl. The first-order chi connectivity index (χ1) is 12.2. The van der Waals surface area contributed by atoms with Crippen LogP contribution in [-0.4, -0.2) is 28.2 Å². The molecule has 0 radical (unpaired) electrons. The van der Waals surface area contributed by atoms with Crippen molar-refractivity contribution in [2.45, 2.75) is 6.61 Å². The second-order valence-corrected chi connectivity index (χ2v) is 5.86. The number of ether oxygens (including phenoxy) is 2. The molecular formula is C17H14Cl2N4O2. The van der Waals surface area contributed by atoms with Crippen molar-refractivity contribution in [1.82, 2.24) is 14.9 Å². The molecule has 0 atom stereocenters. The van der Waals surface area contributed by atoms with Gasteiger partial charge in [-0.15, -0.1) is 10.2 Å². The lowest BCUT2D eigenvalue weighted by molar-refractivity contribution is 0.297. The molecule has 1 aromatic heterocycles. The Hall–Kier alpha value is -2.57. The lowest BCUT2D eigenvalue weighted by Gasteiger charge is -2.12. The van der Waals surface area contributed by atoms with Crippen LogP contribution in [0.2, 0.25) is 10.0 Å². The van der Waals surface area contributed by atoms with Crippen molar-refractivity contribution in [3.63, 3.8) is 0 Å². The zero-order chi connectivity index (χ0) is 17.6. The van der Waals surface area contributed by atoms with Crippen LogP contribution in [0.25, 0.3) is 0 Å². The van der Waals surface area contributed by atoms with E-state index in [0.717, 1.165) is 11.1 Å². The number of hydrogen-bond donors (Lipinski definition) is 0. The first-order valence-corrected chi connectivity index (χ1v) is 8.05. The first-order valence-electron chi connectivity index (χ1n) is 7.29. The maximum atomic E-state index is 6.13. The van der Waals surface area contributed by atoms with Crippen LogP contribution in [0, 0.1) is 0 Å². The molecule has 128 valence electrons. The van der Waals surface area contributed by atoms with Gasteiger partial charge in [-0.1, -0.05) is 23.2 Å². The highest BCUT2D eigenvalue weighted by Crippen LogP contribution is 2.29. The molecule has 8 heteroatoms. The minimum Gasteiger partial charge on any atom is -0.496 e. The maximum absolute atomic E-state index is 6.13. The normalized spacial score (nSPS) is 11.0. The Morgan fingerprint density at radius 2 is 1.84 bits per heavy atom. The molecule has 0 aliphatic rings. The molecule has 0 unspecified atom stereocenters. The summed E-state index contributed by atoms with van der Waals surface area (Å²) in [5, 5.41) is 12.6. The number of nitrogens with zero attached hydrogens (tertiary/aromatic N) is 4. The second kappa shape index (κ2) is 8.00. The fourth-order valence-electron chi connectivity index (χ4n) is 2.13. The summed E-state index contributed by atoms with van der Waals surface area (Å²) in [6, 6.07) is 10.8. The van der Waals surface area contributed by atoms with Crippen molar-refractivity contribution >= 4 is 29.4 Å². The van der Waals surface area contributed by atoms with Crippen LogP contribution >= 0.6 is 23.2 Å². The number of halogens is 2.